The van der Waals surface area contributed by atoms with Gasteiger partial charge in [-0.3, -0.25) is 9.36 Å². The molecule has 3 unspecified atom stereocenters. The van der Waals surface area contributed by atoms with E-state index in [1.807, 2.05) is 25.3 Å². The number of allylic oxidation sites excluding steroid dienone is 1. The second kappa shape index (κ2) is 12.6. The van der Waals surface area contributed by atoms with Crippen molar-refractivity contribution >= 4 is 32.3 Å². The molecule has 6 rings (SSSR count). The van der Waals surface area contributed by atoms with Crippen LogP contribution in [0.3, 0.4) is 0 Å². The van der Waals surface area contributed by atoms with Gasteiger partial charge >= 0.3 is 0 Å². The Morgan fingerprint density at radius 3 is 2.77 bits per heavy atom. The molecule has 1 N–H and O–H groups in total. The van der Waals surface area contributed by atoms with Crippen molar-refractivity contribution in [3.8, 4) is 5.75 Å². The maximum Gasteiger partial charge on any atom is 0.262 e. The predicted molar refractivity (Wildman–Crippen MR) is 182 cm³/mol. The fourth-order valence-electron chi connectivity index (χ4n) is 7.15. The summed E-state index contributed by atoms with van der Waals surface area (Å²) in [6, 6.07) is 12.7. The highest BCUT2D eigenvalue weighted by Crippen LogP contribution is 2.41. The predicted octanol–water partition coefficient (Wildman–Crippen LogP) is 7.60. The number of benzene rings is 2. The largest absolute Gasteiger partial charge is 0.496 e. The maximum absolute atomic E-state index is 13.9. The molecule has 0 bridgehead atoms. The van der Waals surface area contributed by atoms with E-state index in [0.29, 0.717) is 12.6 Å². The summed E-state index contributed by atoms with van der Waals surface area (Å²) in [5.41, 5.74) is 6.77. The molecule has 232 valence electrons. The van der Waals surface area contributed by atoms with Crippen LogP contribution in [0.2, 0.25) is 0 Å². The first kappa shape index (κ1) is 30.8. The van der Waals surface area contributed by atoms with Crippen LogP contribution in [0.15, 0.2) is 70.3 Å². The van der Waals surface area contributed by atoms with Gasteiger partial charge in [0.05, 0.1) is 31.5 Å². The summed E-state index contributed by atoms with van der Waals surface area (Å²) < 4.78 is 13.2. The van der Waals surface area contributed by atoms with Crippen LogP contribution >= 0.6 is 11.3 Å². The number of methoxy groups -OCH3 is 2. The molecule has 44 heavy (non-hydrogen) atoms. The first-order valence-electron chi connectivity index (χ1n) is 15.9. The first-order valence-corrected chi connectivity index (χ1v) is 16.7. The van der Waals surface area contributed by atoms with Crippen molar-refractivity contribution in [1.82, 2.24) is 14.9 Å². The highest BCUT2D eigenvalue weighted by molar-refractivity contribution is 7.18. The number of nitrogens with zero attached hydrogens (tertiary/aromatic N) is 2. The van der Waals surface area contributed by atoms with E-state index in [-0.39, 0.29) is 17.1 Å². The van der Waals surface area contributed by atoms with Crippen LogP contribution < -0.4 is 15.6 Å². The van der Waals surface area contributed by atoms with Gasteiger partial charge in [0, 0.05) is 30.1 Å². The first-order chi connectivity index (χ1) is 21.2. The molecule has 3 atom stereocenters. The number of aryl methyl sites for hydroxylation is 1. The Balaban J connectivity index is 1.23. The number of rotatable bonds is 9. The molecule has 2 aromatic heterocycles. The number of ether oxygens (including phenoxy) is 2. The zero-order chi connectivity index (χ0) is 31.0. The summed E-state index contributed by atoms with van der Waals surface area (Å²) in [6.45, 7) is 10.5. The SMILES string of the molecule is CCC1(C)CC(C(C)OC)=CC(CNC2CCc3c(sc4ncn(Cc5c(OC)ccc6ccccc56)c(=O)c34)C2)=C(C)C1. The Hall–Kier alpha value is -3.26. The summed E-state index contributed by atoms with van der Waals surface area (Å²) in [5, 5.41) is 6.92. The number of nitrogens with one attached hydrogen (secondary N) is 1. The van der Waals surface area contributed by atoms with Crippen molar-refractivity contribution in [3.63, 3.8) is 0 Å². The molecule has 2 aromatic carbocycles. The van der Waals surface area contributed by atoms with Crippen LogP contribution in [-0.4, -0.2) is 42.5 Å². The molecule has 0 spiro atoms. The van der Waals surface area contributed by atoms with E-state index in [1.165, 1.54) is 27.2 Å². The van der Waals surface area contributed by atoms with Crippen molar-refractivity contribution in [2.45, 2.75) is 84.9 Å². The molecular formula is C37H45N3O3S. The Kier molecular flexibility index (Phi) is 8.82. The van der Waals surface area contributed by atoms with Gasteiger partial charge in [0.1, 0.15) is 10.6 Å². The molecule has 0 aliphatic heterocycles. The number of thiophene rings is 1. The molecule has 2 aliphatic carbocycles. The number of aromatic nitrogens is 2. The Bertz CT molecular complexity index is 1820. The summed E-state index contributed by atoms with van der Waals surface area (Å²) in [6.07, 6.45) is 10.4. The van der Waals surface area contributed by atoms with Crippen molar-refractivity contribution in [1.29, 1.82) is 0 Å². The zero-order valence-corrected chi connectivity index (χ0v) is 27.8. The van der Waals surface area contributed by atoms with Gasteiger partial charge in [-0.1, -0.05) is 62.2 Å². The maximum atomic E-state index is 13.9. The quantitative estimate of drug-likeness (QED) is 0.211. The number of hydrogen-bond acceptors (Lipinski definition) is 6. The lowest BCUT2D eigenvalue weighted by Gasteiger charge is -2.30. The average molecular weight is 612 g/mol. The topological polar surface area (TPSA) is 65.4 Å². The molecular weight excluding hydrogens is 566 g/mol. The van der Waals surface area contributed by atoms with E-state index in [9.17, 15) is 4.79 Å². The summed E-state index contributed by atoms with van der Waals surface area (Å²) in [5.74, 6) is 0.786. The number of fused-ring (bicyclic) bond motifs is 4. The minimum absolute atomic E-state index is 0.0389. The molecule has 0 fully saturated rings. The molecule has 2 aliphatic rings. The van der Waals surface area contributed by atoms with Gasteiger partial charge in [0.15, 0.2) is 0 Å². The molecule has 4 aromatic rings. The van der Waals surface area contributed by atoms with Crippen molar-refractivity contribution in [2.24, 2.45) is 5.41 Å². The van der Waals surface area contributed by atoms with Crippen LogP contribution in [0.1, 0.15) is 69.4 Å². The van der Waals surface area contributed by atoms with E-state index in [4.69, 9.17) is 14.5 Å². The molecule has 0 saturated heterocycles. The second-order valence-corrected chi connectivity index (χ2v) is 14.2. The highest BCUT2D eigenvalue weighted by atomic mass is 32.1. The molecule has 0 amide bonds. The standard InChI is InChI=1S/C37H45N3O3S/c1-7-37(4)18-23(2)27(16-26(19-37)24(3)42-5)20-38-28-13-14-30-33(17-28)44-35-34(30)36(41)40(22-39-35)21-31-29-11-9-8-10-25(29)12-15-32(31)43-6/h8-12,15-16,22,24,28,38H,7,13-14,17-21H2,1-6H3. The van der Waals surface area contributed by atoms with Crippen LogP contribution in [-0.2, 0) is 24.1 Å². The zero-order valence-electron chi connectivity index (χ0n) is 27.0. The van der Waals surface area contributed by atoms with Gasteiger partial charge in [0.2, 0.25) is 0 Å². The van der Waals surface area contributed by atoms with Gasteiger partial charge in [-0.15, -0.1) is 11.3 Å². The lowest BCUT2D eigenvalue weighted by Crippen LogP contribution is -2.35. The van der Waals surface area contributed by atoms with Crippen LogP contribution in [0, 0.1) is 5.41 Å². The molecule has 2 heterocycles. The summed E-state index contributed by atoms with van der Waals surface area (Å²) in [7, 11) is 3.49. The van der Waals surface area contributed by atoms with Crippen molar-refractivity contribution in [3.05, 3.63) is 91.9 Å². The Labute approximate surface area is 264 Å². The van der Waals surface area contributed by atoms with Crippen molar-refractivity contribution in [2.75, 3.05) is 20.8 Å². The fraction of sp³-hybridized carbons (Fsp3) is 0.459. The highest BCUT2D eigenvalue weighted by Gasteiger charge is 2.30. The van der Waals surface area contributed by atoms with Gasteiger partial charge in [-0.25, -0.2) is 4.98 Å². The summed E-state index contributed by atoms with van der Waals surface area (Å²) in [4.78, 5) is 20.9. The van der Waals surface area contributed by atoms with Gasteiger partial charge < -0.3 is 14.8 Å². The molecule has 0 saturated carbocycles. The van der Waals surface area contributed by atoms with Crippen LogP contribution in [0.25, 0.3) is 21.0 Å². The fourth-order valence-corrected chi connectivity index (χ4v) is 8.41. The van der Waals surface area contributed by atoms with Gasteiger partial charge in [-0.05, 0) is 84.9 Å². The van der Waals surface area contributed by atoms with E-state index < -0.39 is 0 Å². The smallest absolute Gasteiger partial charge is 0.262 e. The third kappa shape index (κ3) is 5.90. The monoisotopic (exact) mass is 611 g/mol. The third-order valence-electron chi connectivity index (χ3n) is 10.1. The van der Waals surface area contributed by atoms with E-state index in [0.717, 1.165) is 77.4 Å². The van der Waals surface area contributed by atoms with E-state index in [2.05, 4.69) is 57.3 Å². The lowest BCUT2D eigenvalue weighted by atomic mass is 9.76. The Morgan fingerprint density at radius 2 is 2.00 bits per heavy atom. The lowest BCUT2D eigenvalue weighted by molar-refractivity contribution is 0.135. The Morgan fingerprint density at radius 1 is 1.18 bits per heavy atom. The minimum atomic E-state index is 0.0389. The van der Waals surface area contributed by atoms with Crippen LogP contribution in [0.5, 0.6) is 5.75 Å². The molecule has 0 radical (unpaired) electrons. The van der Waals surface area contributed by atoms with Gasteiger partial charge in [-0.2, -0.15) is 0 Å². The summed E-state index contributed by atoms with van der Waals surface area (Å²) >= 11 is 1.69. The second-order valence-electron chi connectivity index (χ2n) is 13.1. The normalized spacial score (nSPS) is 21.3. The average Bonchev–Trinajstić information content (AvgIpc) is 3.35. The van der Waals surface area contributed by atoms with E-state index >= 15 is 0 Å². The van der Waals surface area contributed by atoms with E-state index in [1.54, 1.807) is 29.3 Å². The van der Waals surface area contributed by atoms with Crippen molar-refractivity contribution < 1.29 is 9.47 Å². The minimum Gasteiger partial charge on any atom is -0.496 e. The number of hydrogen-bond donors (Lipinski definition) is 1. The molecule has 7 heteroatoms. The van der Waals surface area contributed by atoms with Crippen LogP contribution in [0.4, 0.5) is 0 Å². The molecule has 6 nitrogen and oxygen atoms in total. The van der Waals surface area contributed by atoms with Gasteiger partial charge in [0.25, 0.3) is 5.56 Å². The third-order valence-corrected chi connectivity index (χ3v) is 11.3.